The second-order valence-corrected chi connectivity index (χ2v) is 5.17. The molecule has 1 heterocycles. The Kier molecular flexibility index (Phi) is 2.61. The third-order valence-corrected chi connectivity index (χ3v) is 3.84. The van der Waals surface area contributed by atoms with Crippen LogP contribution in [0.2, 0.25) is 0 Å². The molecule has 0 fully saturated rings. The van der Waals surface area contributed by atoms with Crippen molar-refractivity contribution < 1.29 is 0 Å². The molecule has 2 N–H and O–H groups in total. The van der Waals surface area contributed by atoms with Gasteiger partial charge in [0.25, 0.3) is 0 Å². The third-order valence-electron chi connectivity index (χ3n) is 3.84. The number of benzene rings is 3. The number of nitrogens with zero attached hydrogens (tertiary/aromatic N) is 1. The van der Waals surface area contributed by atoms with E-state index in [0.29, 0.717) is 0 Å². The van der Waals surface area contributed by atoms with Gasteiger partial charge in [-0.25, -0.2) is 0 Å². The lowest BCUT2D eigenvalue weighted by molar-refractivity contribution is 1.41. The Morgan fingerprint density at radius 2 is 1.52 bits per heavy atom. The number of aromatic nitrogens is 1. The topological polar surface area (TPSA) is 38.9 Å². The molecule has 0 aliphatic carbocycles. The van der Waals surface area contributed by atoms with Gasteiger partial charge in [-0.05, 0) is 29.0 Å². The zero-order valence-corrected chi connectivity index (χ0v) is 11.5. The first-order chi connectivity index (χ1) is 10.3. The molecule has 2 heteroatoms. The molecule has 0 aliphatic heterocycles. The highest BCUT2D eigenvalue weighted by Gasteiger charge is 2.09. The molecule has 0 atom stereocenters. The number of hydrogen-bond acceptors (Lipinski definition) is 2. The molecule has 0 spiro atoms. The van der Waals surface area contributed by atoms with E-state index >= 15 is 0 Å². The fraction of sp³-hybridized carbons (Fsp3) is 0. The molecule has 1 aromatic heterocycles. The molecule has 3 aromatic carbocycles. The van der Waals surface area contributed by atoms with Crippen LogP contribution in [0.25, 0.3) is 32.8 Å². The van der Waals surface area contributed by atoms with Gasteiger partial charge >= 0.3 is 0 Å². The predicted octanol–water partition coefficient (Wildman–Crippen LogP) is 4.64. The maximum absolute atomic E-state index is 6.23. The number of nitrogens with two attached hydrogens (primary N) is 1. The van der Waals surface area contributed by atoms with Crippen LogP contribution in [0.1, 0.15) is 0 Å². The van der Waals surface area contributed by atoms with Crippen LogP contribution in [0.15, 0.2) is 72.9 Å². The zero-order valence-electron chi connectivity index (χ0n) is 11.5. The number of pyridine rings is 1. The van der Waals surface area contributed by atoms with Crippen molar-refractivity contribution in [3.63, 3.8) is 0 Å². The summed E-state index contributed by atoms with van der Waals surface area (Å²) in [7, 11) is 0. The van der Waals surface area contributed by atoms with E-state index in [4.69, 9.17) is 5.73 Å². The van der Waals surface area contributed by atoms with Crippen molar-refractivity contribution in [2.75, 3.05) is 5.73 Å². The van der Waals surface area contributed by atoms with E-state index in [1.54, 1.807) is 0 Å². The van der Waals surface area contributed by atoms with E-state index < -0.39 is 0 Å². The van der Waals surface area contributed by atoms with Gasteiger partial charge in [-0.2, -0.15) is 0 Å². The van der Waals surface area contributed by atoms with Crippen LogP contribution < -0.4 is 5.73 Å². The minimum absolute atomic E-state index is 0.783. The Labute approximate surface area is 122 Å². The molecule has 0 unspecified atom stereocenters. The number of anilines is 1. The average molecular weight is 270 g/mol. The summed E-state index contributed by atoms with van der Waals surface area (Å²) in [6.45, 7) is 0. The van der Waals surface area contributed by atoms with E-state index in [1.165, 1.54) is 5.39 Å². The summed E-state index contributed by atoms with van der Waals surface area (Å²) in [5.41, 5.74) is 10.1. The van der Waals surface area contributed by atoms with Gasteiger partial charge < -0.3 is 5.73 Å². The molecule has 4 rings (SSSR count). The Balaban J connectivity index is 2.05. The third kappa shape index (κ3) is 1.93. The van der Waals surface area contributed by atoms with Gasteiger partial charge in [0.15, 0.2) is 0 Å². The van der Waals surface area contributed by atoms with E-state index in [2.05, 4.69) is 35.3 Å². The smallest absolute Gasteiger partial charge is 0.0702 e. The molecule has 100 valence electrons. The molecule has 0 aliphatic rings. The minimum Gasteiger partial charge on any atom is -0.398 e. The summed E-state index contributed by atoms with van der Waals surface area (Å²) in [6.07, 6.45) is 1.90. The summed E-state index contributed by atoms with van der Waals surface area (Å²) in [5.74, 6) is 0. The summed E-state index contributed by atoms with van der Waals surface area (Å²) in [6, 6.07) is 22.6. The number of fused-ring (bicyclic) bond motifs is 2. The van der Waals surface area contributed by atoms with Crippen molar-refractivity contribution in [3.8, 4) is 11.1 Å². The van der Waals surface area contributed by atoms with Crippen LogP contribution in [0.5, 0.6) is 0 Å². The fourth-order valence-electron chi connectivity index (χ4n) is 2.82. The standard InChI is InChI=1S/C19H14N2/c20-17-10-9-13-5-1-3-7-16(13)19(17)15-11-14-6-2-4-8-18(14)21-12-15/h1-12H,20H2. The van der Waals surface area contributed by atoms with Crippen molar-refractivity contribution >= 4 is 27.4 Å². The lowest BCUT2D eigenvalue weighted by Crippen LogP contribution is -1.92. The number of hydrogen-bond donors (Lipinski definition) is 1. The first-order valence-electron chi connectivity index (χ1n) is 6.95. The van der Waals surface area contributed by atoms with E-state index in [0.717, 1.165) is 33.1 Å². The van der Waals surface area contributed by atoms with Crippen LogP contribution in [0.4, 0.5) is 5.69 Å². The quantitative estimate of drug-likeness (QED) is 0.512. The molecule has 4 aromatic rings. The molecule has 21 heavy (non-hydrogen) atoms. The van der Waals surface area contributed by atoms with Crippen LogP contribution >= 0.6 is 0 Å². The Hall–Kier alpha value is -2.87. The molecular weight excluding hydrogens is 256 g/mol. The molecule has 0 amide bonds. The number of nitrogen functional groups attached to an aromatic ring is 1. The second-order valence-electron chi connectivity index (χ2n) is 5.17. The first kappa shape index (κ1) is 11.9. The van der Waals surface area contributed by atoms with Crippen LogP contribution in [-0.2, 0) is 0 Å². The normalized spacial score (nSPS) is 11.0. The Morgan fingerprint density at radius 1 is 0.762 bits per heavy atom. The highest BCUT2D eigenvalue weighted by Crippen LogP contribution is 2.34. The highest BCUT2D eigenvalue weighted by atomic mass is 14.7. The molecular formula is C19H14N2. The van der Waals surface area contributed by atoms with Crippen molar-refractivity contribution in [1.82, 2.24) is 4.98 Å². The molecule has 0 saturated carbocycles. The molecule has 0 saturated heterocycles. The van der Waals surface area contributed by atoms with E-state index in [9.17, 15) is 0 Å². The van der Waals surface area contributed by atoms with Crippen molar-refractivity contribution in [3.05, 3.63) is 72.9 Å². The molecule has 2 nitrogen and oxygen atoms in total. The van der Waals surface area contributed by atoms with Crippen LogP contribution in [0.3, 0.4) is 0 Å². The molecule has 0 radical (unpaired) electrons. The SMILES string of the molecule is Nc1ccc2ccccc2c1-c1cnc2ccccc2c1. The van der Waals surface area contributed by atoms with Gasteiger partial charge in [0, 0.05) is 28.4 Å². The maximum Gasteiger partial charge on any atom is 0.0702 e. The van der Waals surface area contributed by atoms with Gasteiger partial charge in [0.1, 0.15) is 0 Å². The van der Waals surface area contributed by atoms with Gasteiger partial charge in [-0.15, -0.1) is 0 Å². The lowest BCUT2D eigenvalue weighted by Gasteiger charge is -2.11. The number of rotatable bonds is 1. The van der Waals surface area contributed by atoms with E-state index in [-0.39, 0.29) is 0 Å². The first-order valence-corrected chi connectivity index (χ1v) is 6.95. The zero-order chi connectivity index (χ0) is 14.2. The van der Waals surface area contributed by atoms with Crippen molar-refractivity contribution in [1.29, 1.82) is 0 Å². The second kappa shape index (κ2) is 4.60. The van der Waals surface area contributed by atoms with Gasteiger partial charge in [0.05, 0.1) is 5.52 Å². The lowest BCUT2D eigenvalue weighted by atomic mass is 9.97. The predicted molar refractivity (Wildman–Crippen MR) is 89.1 cm³/mol. The monoisotopic (exact) mass is 270 g/mol. The Morgan fingerprint density at radius 3 is 2.43 bits per heavy atom. The number of para-hydroxylation sites is 1. The van der Waals surface area contributed by atoms with Crippen LogP contribution in [-0.4, -0.2) is 4.98 Å². The van der Waals surface area contributed by atoms with Crippen molar-refractivity contribution in [2.24, 2.45) is 0 Å². The van der Waals surface area contributed by atoms with Gasteiger partial charge in [-0.1, -0.05) is 48.5 Å². The summed E-state index contributed by atoms with van der Waals surface area (Å²) in [5, 5.41) is 3.48. The van der Waals surface area contributed by atoms with Gasteiger partial charge in [0.2, 0.25) is 0 Å². The molecule has 0 bridgehead atoms. The largest absolute Gasteiger partial charge is 0.398 e. The summed E-state index contributed by atoms with van der Waals surface area (Å²) in [4.78, 5) is 4.55. The summed E-state index contributed by atoms with van der Waals surface area (Å²) >= 11 is 0. The summed E-state index contributed by atoms with van der Waals surface area (Å²) < 4.78 is 0. The Bertz CT molecular complexity index is 958. The average Bonchev–Trinajstić information content (AvgIpc) is 2.54. The minimum atomic E-state index is 0.783. The van der Waals surface area contributed by atoms with Crippen LogP contribution in [0, 0.1) is 0 Å². The maximum atomic E-state index is 6.23. The van der Waals surface area contributed by atoms with E-state index in [1.807, 2.05) is 42.6 Å². The van der Waals surface area contributed by atoms with Gasteiger partial charge in [-0.3, -0.25) is 4.98 Å². The fourth-order valence-corrected chi connectivity index (χ4v) is 2.82. The van der Waals surface area contributed by atoms with Crippen molar-refractivity contribution in [2.45, 2.75) is 0 Å². The highest BCUT2D eigenvalue weighted by molar-refractivity contribution is 6.03.